The number of hydrogen-bond acceptors (Lipinski definition) is 3. The molecule has 1 fully saturated rings. The second-order valence-electron chi connectivity index (χ2n) is 4.50. The molecule has 94 valence electrons. The van der Waals surface area contributed by atoms with Crippen molar-refractivity contribution in [2.45, 2.75) is 31.1 Å². The molecule has 2 atom stereocenters. The number of methoxy groups -OCH3 is 1. The maximum atomic E-state index is 5.26. The lowest BCUT2D eigenvalue weighted by molar-refractivity contribution is 0.414. The smallest absolute Gasteiger partial charge is 0.119 e. The van der Waals surface area contributed by atoms with E-state index < -0.39 is 0 Å². The van der Waals surface area contributed by atoms with Crippen molar-refractivity contribution >= 4 is 11.8 Å². The third-order valence-electron chi connectivity index (χ3n) is 3.17. The van der Waals surface area contributed by atoms with E-state index in [4.69, 9.17) is 4.74 Å². The first kappa shape index (κ1) is 12.8. The van der Waals surface area contributed by atoms with Gasteiger partial charge in [-0.25, -0.2) is 0 Å². The number of hydrogen-bond donors (Lipinski definition) is 1. The number of ether oxygens (including phenoxy) is 1. The highest BCUT2D eigenvalue weighted by molar-refractivity contribution is 8.00. The predicted octanol–water partition coefficient (Wildman–Crippen LogP) is 2.72. The zero-order valence-electron chi connectivity index (χ0n) is 10.6. The molecule has 1 aromatic carbocycles. The van der Waals surface area contributed by atoms with Crippen LogP contribution in [0.4, 0.5) is 0 Å². The van der Waals surface area contributed by atoms with E-state index in [1.807, 2.05) is 6.07 Å². The number of rotatable bonds is 5. The first-order valence-corrected chi connectivity index (χ1v) is 7.34. The van der Waals surface area contributed by atoms with E-state index in [0.29, 0.717) is 6.04 Å². The Morgan fingerprint density at radius 2 is 2.35 bits per heavy atom. The lowest BCUT2D eigenvalue weighted by Crippen LogP contribution is -2.28. The van der Waals surface area contributed by atoms with Gasteiger partial charge in [0.05, 0.1) is 7.11 Å². The summed E-state index contributed by atoms with van der Waals surface area (Å²) in [6.45, 7) is 3.26. The molecular formula is C14H21NOS. The second kappa shape index (κ2) is 6.31. The van der Waals surface area contributed by atoms with Gasteiger partial charge in [0.1, 0.15) is 5.75 Å². The Morgan fingerprint density at radius 3 is 3.12 bits per heavy atom. The van der Waals surface area contributed by atoms with Gasteiger partial charge in [0.2, 0.25) is 0 Å². The molecule has 3 heteroatoms. The van der Waals surface area contributed by atoms with Crippen LogP contribution < -0.4 is 10.1 Å². The van der Waals surface area contributed by atoms with Crippen LogP contribution in [0.3, 0.4) is 0 Å². The van der Waals surface area contributed by atoms with E-state index in [0.717, 1.165) is 24.0 Å². The summed E-state index contributed by atoms with van der Waals surface area (Å²) in [4.78, 5) is 0. The van der Waals surface area contributed by atoms with Gasteiger partial charge in [0, 0.05) is 17.0 Å². The van der Waals surface area contributed by atoms with Crippen LogP contribution in [0.25, 0.3) is 0 Å². The Kier molecular flexibility index (Phi) is 4.75. The molecule has 2 nitrogen and oxygen atoms in total. The Labute approximate surface area is 108 Å². The highest BCUT2D eigenvalue weighted by Gasteiger charge is 2.24. The molecule has 0 radical (unpaired) electrons. The Balaban J connectivity index is 1.88. The number of nitrogens with one attached hydrogen (secondary N) is 1. The molecule has 0 aliphatic carbocycles. The average Bonchev–Trinajstić information content (AvgIpc) is 2.77. The van der Waals surface area contributed by atoms with Gasteiger partial charge < -0.3 is 10.1 Å². The van der Waals surface area contributed by atoms with Crippen LogP contribution in [-0.4, -0.2) is 30.7 Å². The monoisotopic (exact) mass is 251 g/mol. The van der Waals surface area contributed by atoms with Crippen LogP contribution >= 0.6 is 11.8 Å². The summed E-state index contributed by atoms with van der Waals surface area (Å²) < 4.78 is 5.26. The van der Waals surface area contributed by atoms with Crippen molar-refractivity contribution in [3.05, 3.63) is 29.8 Å². The van der Waals surface area contributed by atoms with Crippen LogP contribution in [-0.2, 0) is 6.42 Å². The highest BCUT2D eigenvalue weighted by Crippen LogP contribution is 2.30. The van der Waals surface area contributed by atoms with Gasteiger partial charge in [-0.05, 0) is 37.1 Å². The van der Waals surface area contributed by atoms with Gasteiger partial charge in [-0.15, -0.1) is 0 Å². The summed E-state index contributed by atoms with van der Waals surface area (Å²) in [6.07, 6.45) is 2.44. The summed E-state index contributed by atoms with van der Waals surface area (Å²) >= 11 is 2.10. The zero-order valence-corrected chi connectivity index (χ0v) is 11.4. The predicted molar refractivity (Wildman–Crippen MR) is 75.0 cm³/mol. The SMILES string of the molecule is CCNC1CS[C@H](Cc2cccc(OC)c2)C1. The first-order valence-electron chi connectivity index (χ1n) is 6.29. The van der Waals surface area contributed by atoms with E-state index in [9.17, 15) is 0 Å². The standard InChI is InChI=1S/C14H21NOS/c1-3-15-12-9-14(17-10-12)8-11-5-4-6-13(7-11)16-2/h4-7,12,14-15H,3,8-10H2,1-2H3/t12?,14-/m1/s1. The van der Waals surface area contributed by atoms with Crippen molar-refractivity contribution in [1.29, 1.82) is 0 Å². The third kappa shape index (κ3) is 3.65. The van der Waals surface area contributed by atoms with Crippen LogP contribution in [0.2, 0.25) is 0 Å². The molecule has 17 heavy (non-hydrogen) atoms. The number of benzene rings is 1. The van der Waals surface area contributed by atoms with Crippen LogP contribution in [0.5, 0.6) is 5.75 Å². The molecule has 2 rings (SSSR count). The molecule has 1 N–H and O–H groups in total. The maximum absolute atomic E-state index is 5.26. The molecule has 0 amide bonds. The minimum Gasteiger partial charge on any atom is -0.497 e. The average molecular weight is 251 g/mol. The topological polar surface area (TPSA) is 21.3 Å². The Bertz CT molecular complexity index is 356. The summed E-state index contributed by atoms with van der Waals surface area (Å²) in [6, 6.07) is 9.15. The van der Waals surface area contributed by atoms with Crippen LogP contribution in [0, 0.1) is 0 Å². The zero-order chi connectivity index (χ0) is 12.1. The second-order valence-corrected chi connectivity index (χ2v) is 5.83. The first-order chi connectivity index (χ1) is 8.31. The lowest BCUT2D eigenvalue weighted by atomic mass is 10.0. The largest absolute Gasteiger partial charge is 0.497 e. The minimum absolute atomic E-state index is 0.709. The maximum Gasteiger partial charge on any atom is 0.119 e. The molecule has 1 aliphatic rings. The van der Waals surface area contributed by atoms with Crippen molar-refractivity contribution in [2.24, 2.45) is 0 Å². The fraction of sp³-hybridized carbons (Fsp3) is 0.571. The third-order valence-corrected chi connectivity index (χ3v) is 4.60. The van der Waals surface area contributed by atoms with Gasteiger partial charge in [-0.3, -0.25) is 0 Å². The van der Waals surface area contributed by atoms with Gasteiger partial charge in [-0.1, -0.05) is 19.1 Å². The van der Waals surface area contributed by atoms with E-state index in [2.05, 4.69) is 42.2 Å². The van der Waals surface area contributed by atoms with E-state index in [-0.39, 0.29) is 0 Å². The normalized spacial score (nSPS) is 23.9. The Hall–Kier alpha value is -0.670. The summed E-state index contributed by atoms with van der Waals surface area (Å²) in [5.41, 5.74) is 1.39. The van der Waals surface area contributed by atoms with E-state index in [1.165, 1.54) is 17.7 Å². The minimum atomic E-state index is 0.709. The fourth-order valence-electron chi connectivity index (χ4n) is 2.34. The highest BCUT2D eigenvalue weighted by atomic mass is 32.2. The molecule has 1 saturated heterocycles. The van der Waals surface area contributed by atoms with Crippen molar-refractivity contribution in [3.63, 3.8) is 0 Å². The van der Waals surface area contributed by atoms with E-state index >= 15 is 0 Å². The molecule has 0 bridgehead atoms. The molecule has 1 heterocycles. The molecule has 1 aliphatic heterocycles. The lowest BCUT2D eigenvalue weighted by Gasteiger charge is -2.11. The Morgan fingerprint density at radius 1 is 1.47 bits per heavy atom. The van der Waals surface area contributed by atoms with E-state index in [1.54, 1.807) is 7.11 Å². The fourth-order valence-corrected chi connectivity index (χ4v) is 3.78. The number of thioether (sulfide) groups is 1. The van der Waals surface area contributed by atoms with Crippen molar-refractivity contribution in [1.82, 2.24) is 5.32 Å². The molecular weight excluding hydrogens is 230 g/mol. The van der Waals surface area contributed by atoms with Crippen LogP contribution in [0.15, 0.2) is 24.3 Å². The summed E-state index contributed by atoms with van der Waals surface area (Å²) in [5.74, 6) is 2.22. The molecule has 0 aromatic heterocycles. The quantitative estimate of drug-likeness (QED) is 0.869. The van der Waals surface area contributed by atoms with Gasteiger partial charge in [0.25, 0.3) is 0 Å². The molecule has 0 spiro atoms. The van der Waals surface area contributed by atoms with Gasteiger partial charge in [-0.2, -0.15) is 11.8 Å². The van der Waals surface area contributed by atoms with Crippen molar-refractivity contribution < 1.29 is 4.74 Å². The van der Waals surface area contributed by atoms with Gasteiger partial charge >= 0.3 is 0 Å². The molecule has 1 unspecified atom stereocenters. The molecule has 0 saturated carbocycles. The molecule has 1 aromatic rings. The van der Waals surface area contributed by atoms with Crippen molar-refractivity contribution in [2.75, 3.05) is 19.4 Å². The van der Waals surface area contributed by atoms with Crippen molar-refractivity contribution in [3.8, 4) is 5.75 Å². The van der Waals surface area contributed by atoms with Gasteiger partial charge in [0.15, 0.2) is 0 Å². The van der Waals surface area contributed by atoms with Crippen LogP contribution in [0.1, 0.15) is 18.9 Å². The summed E-state index contributed by atoms with van der Waals surface area (Å²) in [7, 11) is 1.73. The summed E-state index contributed by atoms with van der Waals surface area (Å²) in [5, 5.41) is 4.29.